The van der Waals surface area contributed by atoms with Crippen LogP contribution in [0.2, 0.25) is 0 Å². The van der Waals surface area contributed by atoms with Crippen LogP contribution in [0.25, 0.3) is 10.9 Å². The Morgan fingerprint density at radius 2 is 1.58 bits per heavy atom. The summed E-state index contributed by atoms with van der Waals surface area (Å²) in [5.41, 5.74) is 13.2. The van der Waals surface area contributed by atoms with Crippen molar-refractivity contribution in [1.82, 2.24) is 20.9 Å². The van der Waals surface area contributed by atoms with Crippen LogP contribution in [0.3, 0.4) is 0 Å². The third-order valence-corrected chi connectivity index (χ3v) is 6.51. The Kier molecular flexibility index (Phi) is 10.8. The highest BCUT2D eigenvalue weighted by Gasteiger charge is 2.33. The molecule has 38 heavy (non-hydrogen) atoms. The van der Waals surface area contributed by atoms with E-state index in [1.807, 2.05) is 24.3 Å². The number of H-pyrrole nitrogens is 1. The molecule has 0 aliphatic rings. The number of hydrogen-bond donors (Lipinski definition) is 7. The summed E-state index contributed by atoms with van der Waals surface area (Å²) in [7, 11) is 0. The highest BCUT2D eigenvalue weighted by molar-refractivity contribution is 5.96. The van der Waals surface area contributed by atoms with E-state index < -0.39 is 72.0 Å². The molecule has 0 spiro atoms. The summed E-state index contributed by atoms with van der Waals surface area (Å²) >= 11 is 0. The first-order chi connectivity index (χ1) is 17.8. The number of benzene rings is 1. The first-order valence-corrected chi connectivity index (χ1v) is 12.6. The summed E-state index contributed by atoms with van der Waals surface area (Å²) < 4.78 is 0. The van der Waals surface area contributed by atoms with Crippen molar-refractivity contribution in [1.29, 1.82) is 0 Å². The summed E-state index contributed by atoms with van der Waals surface area (Å²) in [5, 5.41) is 17.9. The number of aromatic amines is 1. The number of para-hydroxylation sites is 1. The van der Waals surface area contributed by atoms with E-state index in [1.54, 1.807) is 33.9 Å². The van der Waals surface area contributed by atoms with E-state index in [2.05, 4.69) is 20.9 Å². The molecule has 0 aliphatic carbocycles. The molecule has 9 N–H and O–H groups in total. The van der Waals surface area contributed by atoms with Crippen LogP contribution in [-0.2, 0) is 30.4 Å². The molecule has 0 saturated carbocycles. The predicted octanol–water partition coefficient (Wildman–Crippen LogP) is 0.154. The van der Waals surface area contributed by atoms with Gasteiger partial charge in [-0.3, -0.25) is 19.2 Å². The maximum atomic E-state index is 13.1. The number of nitrogens with two attached hydrogens (primary N) is 2. The predicted molar refractivity (Wildman–Crippen MR) is 142 cm³/mol. The molecule has 5 atom stereocenters. The molecule has 0 aliphatic heterocycles. The average Bonchev–Trinajstić information content (AvgIpc) is 3.26. The van der Waals surface area contributed by atoms with Crippen molar-refractivity contribution in [2.75, 3.05) is 0 Å². The molecule has 2 aromatic rings. The van der Waals surface area contributed by atoms with Gasteiger partial charge in [0.25, 0.3) is 0 Å². The molecule has 0 fully saturated rings. The molecule has 1 heterocycles. The van der Waals surface area contributed by atoms with Crippen molar-refractivity contribution in [2.24, 2.45) is 23.3 Å². The van der Waals surface area contributed by atoms with Gasteiger partial charge in [-0.25, -0.2) is 4.79 Å². The van der Waals surface area contributed by atoms with Crippen molar-refractivity contribution in [3.63, 3.8) is 0 Å². The SMILES string of the molecule is CCC(C)C(NC(=O)C(CC(N)=O)NC(=O)C(NC(=O)C(N)Cc1c[nH]c2ccccc12)C(C)C)C(=O)O. The maximum absolute atomic E-state index is 13.1. The van der Waals surface area contributed by atoms with E-state index in [0.717, 1.165) is 16.5 Å². The quantitative estimate of drug-likeness (QED) is 0.180. The minimum absolute atomic E-state index is 0.223. The van der Waals surface area contributed by atoms with Crippen LogP contribution in [0.5, 0.6) is 0 Å². The minimum Gasteiger partial charge on any atom is -0.480 e. The molecule has 0 radical (unpaired) electrons. The van der Waals surface area contributed by atoms with Gasteiger partial charge in [0.15, 0.2) is 0 Å². The summed E-state index contributed by atoms with van der Waals surface area (Å²) in [6.07, 6.45) is 1.93. The zero-order valence-electron chi connectivity index (χ0n) is 22.1. The number of hydrogen-bond acceptors (Lipinski definition) is 6. The second-order valence-corrected chi connectivity index (χ2v) is 9.84. The van der Waals surface area contributed by atoms with Gasteiger partial charge >= 0.3 is 5.97 Å². The fraction of sp³-hybridized carbons (Fsp3) is 0.500. The monoisotopic (exact) mass is 530 g/mol. The normalized spacial score (nSPS) is 15.2. The molecule has 4 amide bonds. The Morgan fingerprint density at radius 3 is 2.16 bits per heavy atom. The Morgan fingerprint density at radius 1 is 0.947 bits per heavy atom. The van der Waals surface area contributed by atoms with Gasteiger partial charge in [-0.2, -0.15) is 0 Å². The van der Waals surface area contributed by atoms with E-state index in [-0.39, 0.29) is 6.42 Å². The van der Waals surface area contributed by atoms with Crippen LogP contribution in [-0.4, -0.2) is 63.9 Å². The third-order valence-electron chi connectivity index (χ3n) is 6.51. The maximum Gasteiger partial charge on any atom is 0.326 e. The van der Waals surface area contributed by atoms with Crippen LogP contribution in [0.4, 0.5) is 0 Å². The zero-order valence-corrected chi connectivity index (χ0v) is 22.1. The van der Waals surface area contributed by atoms with Crippen molar-refractivity contribution >= 4 is 40.5 Å². The van der Waals surface area contributed by atoms with Gasteiger partial charge in [-0.15, -0.1) is 0 Å². The van der Waals surface area contributed by atoms with E-state index in [9.17, 15) is 29.1 Å². The Balaban J connectivity index is 2.12. The summed E-state index contributed by atoms with van der Waals surface area (Å²) in [5.74, 6) is -5.08. The molecule has 2 rings (SSSR count). The number of carbonyl (C=O) groups excluding carboxylic acids is 4. The molecular weight excluding hydrogens is 492 g/mol. The second kappa shape index (κ2) is 13.6. The number of nitrogens with one attached hydrogen (secondary N) is 4. The number of rotatable bonds is 14. The number of carbonyl (C=O) groups is 5. The van der Waals surface area contributed by atoms with Gasteiger partial charge in [0, 0.05) is 17.1 Å². The number of primary amides is 1. The molecule has 208 valence electrons. The molecule has 5 unspecified atom stereocenters. The minimum atomic E-state index is -1.43. The lowest BCUT2D eigenvalue weighted by molar-refractivity contribution is -0.144. The third kappa shape index (κ3) is 8.04. The van der Waals surface area contributed by atoms with Crippen molar-refractivity contribution < 1.29 is 29.1 Å². The topological polar surface area (TPSA) is 209 Å². The number of carboxylic acids is 1. The largest absolute Gasteiger partial charge is 0.480 e. The second-order valence-electron chi connectivity index (χ2n) is 9.84. The van der Waals surface area contributed by atoms with Crippen molar-refractivity contribution in [2.45, 2.75) is 71.1 Å². The fourth-order valence-corrected chi connectivity index (χ4v) is 4.03. The summed E-state index contributed by atoms with van der Waals surface area (Å²) in [6, 6.07) is 2.90. The summed E-state index contributed by atoms with van der Waals surface area (Å²) in [4.78, 5) is 65.2. The lowest BCUT2D eigenvalue weighted by Crippen LogP contribution is -2.59. The van der Waals surface area contributed by atoms with Gasteiger partial charge in [-0.1, -0.05) is 52.3 Å². The van der Waals surface area contributed by atoms with Gasteiger partial charge in [0.2, 0.25) is 23.6 Å². The Bertz CT molecular complexity index is 1160. The lowest BCUT2D eigenvalue weighted by Gasteiger charge is -2.27. The van der Waals surface area contributed by atoms with Crippen LogP contribution < -0.4 is 27.4 Å². The molecule has 1 aromatic carbocycles. The van der Waals surface area contributed by atoms with E-state index in [1.165, 1.54) is 0 Å². The highest BCUT2D eigenvalue weighted by atomic mass is 16.4. The van der Waals surface area contributed by atoms with E-state index in [4.69, 9.17) is 11.5 Å². The van der Waals surface area contributed by atoms with Gasteiger partial charge in [0.05, 0.1) is 12.5 Å². The molecular formula is C26H38N6O6. The van der Waals surface area contributed by atoms with Gasteiger partial charge < -0.3 is 37.5 Å². The first kappa shape index (κ1) is 30.3. The van der Waals surface area contributed by atoms with Gasteiger partial charge in [-0.05, 0) is 29.9 Å². The van der Waals surface area contributed by atoms with Crippen LogP contribution in [0.1, 0.15) is 46.1 Å². The lowest BCUT2D eigenvalue weighted by atomic mass is 9.98. The van der Waals surface area contributed by atoms with Crippen molar-refractivity contribution in [3.8, 4) is 0 Å². The summed E-state index contributed by atoms with van der Waals surface area (Å²) in [6.45, 7) is 6.82. The molecule has 1 aromatic heterocycles. The fourth-order valence-electron chi connectivity index (χ4n) is 4.03. The van der Waals surface area contributed by atoms with Crippen LogP contribution in [0, 0.1) is 11.8 Å². The van der Waals surface area contributed by atoms with E-state index >= 15 is 0 Å². The standard InChI is InChI=1S/C26H38N6O6/c1-5-14(4)22(26(37)38)32-24(35)19(11-20(28)33)30-25(36)21(13(2)3)31-23(34)17(27)10-15-12-29-18-9-7-6-8-16(15)18/h6-9,12-14,17,19,21-22,29H,5,10-11,27H2,1-4H3,(H2,28,33)(H,30,36)(H,31,34)(H,32,35)(H,37,38). The number of aromatic nitrogens is 1. The molecule has 0 saturated heterocycles. The van der Waals surface area contributed by atoms with Crippen LogP contribution >= 0.6 is 0 Å². The van der Waals surface area contributed by atoms with Crippen molar-refractivity contribution in [3.05, 3.63) is 36.0 Å². The smallest absolute Gasteiger partial charge is 0.326 e. The van der Waals surface area contributed by atoms with E-state index in [0.29, 0.717) is 6.42 Å². The Labute approximate surface area is 221 Å². The Hall–Kier alpha value is -3.93. The first-order valence-electron chi connectivity index (χ1n) is 12.6. The number of fused-ring (bicyclic) bond motifs is 1. The zero-order chi connectivity index (χ0) is 28.6. The molecule has 12 nitrogen and oxygen atoms in total. The number of carboxylic acid groups (broad SMARTS) is 1. The average molecular weight is 531 g/mol. The molecule has 0 bridgehead atoms. The number of amides is 4. The van der Waals surface area contributed by atoms with Gasteiger partial charge in [0.1, 0.15) is 18.1 Å². The number of aliphatic carboxylic acids is 1. The van der Waals surface area contributed by atoms with Crippen LogP contribution in [0.15, 0.2) is 30.5 Å². The highest BCUT2D eigenvalue weighted by Crippen LogP contribution is 2.19. The molecule has 12 heteroatoms.